The number of anilines is 1. The number of benzene rings is 2. The summed E-state index contributed by atoms with van der Waals surface area (Å²) in [4.78, 5) is 0. The molecule has 1 aromatic heterocycles. The first-order valence-corrected chi connectivity index (χ1v) is 6.65. The average molecular weight is 249 g/mol. The molecule has 4 rings (SSSR count). The van der Waals surface area contributed by atoms with Crippen molar-refractivity contribution in [3.63, 3.8) is 0 Å². The minimum absolute atomic E-state index is 0.484. The summed E-state index contributed by atoms with van der Waals surface area (Å²) in [6, 6.07) is 15.4. The van der Waals surface area contributed by atoms with Crippen molar-refractivity contribution >= 4 is 16.6 Å². The van der Waals surface area contributed by atoms with Gasteiger partial charge in [-0.1, -0.05) is 30.3 Å². The van der Waals surface area contributed by atoms with E-state index in [1.165, 1.54) is 22.2 Å². The molecule has 0 amide bonds. The maximum Gasteiger partial charge on any atom is 0.0671 e. The molecule has 2 aromatic carbocycles. The van der Waals surface area contributed by atoms with Gasteiger partial charge in [0.15, 0.2) is 0 Å². The predicted molar refractivity (Wildman–Crippen MR) is 77.4 cm³/mol. The molecule has 0 bridgehead atoms. The van der Waals surface area contributed by atoms with Gasteiger partial charge in [-0.15, -0.1) is 0 Å². The summed E-state index contributed by atoms with van der Waals surface area (Å²) in [5, 5.41) is 11.9. The van der Waals surface area contributed by atoms with Crippen LogP contribution in [0.3, 0.4) is 0 Å². The van der Waals surface area contributed by atoms with E-state index in [1.807, 2.05) is 6.20 Å². The highest BCUT2D eigenvalue weighted by atomic mass is 15.1. The van der Waals surface area contributed by atoms with Crippen molar-refractivity contribution in [2.24, 2.45) is 0 Å². The minimum atomic E-state index is 0.484. The number of nitrogens with zero attached hydrogens (tertiary/aromatic N) is 1. The van der Waals surface area contributed by atoms with Crippen molar-refractivity contribution in [2.45, 2.75) is 18.9 Å². The summed E-state index contributed by atoms with van der Waals surface area (Å²) < 4.78 is 0. The van der Waals surface area contributed by atoms with Crippen molar-refractivity contribution in [3.8, 4) is 0 Å². The van der Waals surface area contributed by atoms with E-state index in [-0.39, 0.29) is 0 Å². The van der Waals surface area contributed by atoms with Gasteiger partial charge in [0.2, 0.25) is 0 Å². The number of nitrogens with one attached hydrogen (secondary N) is 2. The summed E-state index contributed by atoms with van der Waals surface area (Å²) in [6.45, 7) is 0. The molecule has 0 saturated heterocycles. The highest BCUT2D eigenvalue weighted by Gasteiger charge is 2.21. The third-order valence-corrected chi connectivity index (χ3v) is 3.90. The van der Waals surface area contributed by atoms with Gasteiger partial charge in [0, 0.05) is 17.1 Å². The first-order valence-electron chi connectivity index (χ1n) is 6.65. The Labute approximate surface area is 111 Å². The fraction of sp³-hybridized carbons (Fsp3) is 0.188. The van der Waals surface area contributed by atoms with E-state index in [1.54, 1.807) is 0 Å². The molecule has 0 atom stereocenters. The molecule has 2 N–H and O–H groups in total. The van der Waals surface area contributed by atoms with Gasteiger partial charge >= 0.3 is 0 Å². The molecule has 0 fully saturated rings. The normalized spacial score (nSPS) is 14.7. The van der Waals surface area contributed by atoms with Gasteiger partial charge in [-0.2, -0.15) is 5.10 Å². The zero-order valence-corrected chi connectivity index (χ0v) is 10.6. The van der Waals surface area contributed by atoms with Crippen molar-refractivity contribution in [2.75, 3.05) is 5.32 Å². The summed E-state index contributed by atoms with van der Waals surface area (Å²) in [5.41, 5.74) is 5.20. The molecule has 1 heterocycles. The molecule has 19 heavy (non-hydrogen) atoms. The predicted octanol–water partition coefficient (Wildman–Crippen LogP) is 3.14. The minimum Gasteiger partial charge on any atom is -0.381 e. The second kappa shape index (κ2) is 4.12. The lowest BCUT2D eigenvalue weighted by atomic mass is 10.1. The number of fused-ring (bicyclic) bond motifs is 2. The highest BCUT2D eigenvalue weighted by Crippen LogP contribution is 2.27. The van der Waals surface area contributed by atoms with Crippen LogP contribution in [0.25, 0.3) is 10.9 Å². The van der Waals surface area contributed by atoms with Crippen molar-refractivity contribution in [1.29, 1.82) is 0 Å². The van der Waals surface area contributed by atoms with Crippen LogP contribution in [0.5, 0.6) is 0 Å². The van der Waals surface area contributed by atoms with Gasteiger partial charge in [-0.25, -0.2) is 0 Å². The van der Waals surface area contributed by atoms with Crippen LogP contribution in [0.4, 0.5) is 5.69 Å². The van der Waals surface area contributed by atoms with Crippen LogP contribution >= 0.6 is 0 Å². The standard InChI is InChI=1S/C16H15N3/c1-2-5-12-9-13(8-11(12)4-1)18-15-6-3-7-16-14(15)10-17-19-16/h1-7,10,13,18H,8-9H2,(H,17,19). The van der Waals surface area contributed by atoms with Crippen LogP contribution in [0.2, 0.25) is 0 Å². The van der Waals surface area contributed by atoms with Gasteiger partial charge in [-0.05, 0) is 36.1 Å². The lowest BCUT2D eigenvalue weighted by Crippen LogP contribution is -2.19. The molecule has 0 aliphatic heterocycles. The Balaban J connectivity index is 1.62. The Morgan fingerprint density at radius 2 is 1.79 bits per heavy atom. The van der Waals surface area contributed by atoms with Gasteiger partial charge in [0.25, 0.3) is 0 Å². The lowest BCUT2D eigenvalue weighted by Gasteiger charge is -2.14. The molecule has 3 heteroatoms. The van der Waals surface area contributed by atoms with E-state index in [0.717, 1.165) is 18.4 Å². The smallest absolute Gasteiger partial charge is 0.0671 e. The molecule has 0 spiro atoms. The molecule has 0 unspecified atom stereocenters. The van der Waals surface area contributed by atoms with Gasteiger partial charge in [0.1, 0.15) is 0 Å². The number of rotatable bonds is 2. The van der Waals surface area contributed by atoms with Crippen molar-refractivity contribution < 1.29 is 0 Å². The van der Waals surface area contributed by atoms with Gasteiger partial charge in [-0.3, -0.25) is 5.10 Å². The molecule has 0 saturated carbocycles. The monoisotopic (exact) mass is 249 g/mol. The number of H-pyrrole nitrogens is 1. The Kier molecular flexibility index (Phi) is 2.30. The highest BCUT2D eigenvalue weighted by molar-refractivity contribution is 5.91. The maximum absolute atomic E-state index is 4.11. The zero-order valence-electron chi connectivity index (χ0n) is 10.6. The van der Waals surface area contributed by atoms with E-state index < -0.39 is 0 Å². The van der Waals surface area contributed by atoms with Crippen LogP contribution < -0.4 is 5.32 Å². The van der Waals surface area contributed by atoms with Crippen molar-refractivity contribution in [3.05, 3.63) is 59.8 Å². The Morgan fingerprint density at radius 3 is 2.58 bits per heavy atom. The molecular formula is C16H15N3. The number of aromatic nitrogens is 2. The SMILES string of the molecule is c1ccc2c(c1)CC(Nc1cccc3[nH]ncc13)C2. The van der Waals surface area contributed by atoms with Crippen LogP contribution in [0, 0.1) is 0 Å². The quantitative estimate of drug-likeness (QED) is 0.732. The Morgan fingerprint density at radius 1 is 1.00 bits per heavy atom. The first-order chi connectivity index (χ1) is 9.40. The number of hydrogen-bond acceptors (Lipinski definition) is 2. The third kappa shape index (κ3) is 1.78. The van der Waals surface area contributed by atoms with E-state index in [2.05, 4.69) is 58.0 Å². The maximum atomic E-state index is 4.11. The van der Waals surface area contributed by atoms with Gasteiger partial charge in [0.05, 0.1) is 11.7 Å². The van der Waals surface area contributed by atoms with E-state index >= 15 is 0 Å². The molecule has 3 nitrogen and oxygen atoms in total. The van der Waals surface area contributed by atoms with Crippen molar-refractivity contribution in [1.82, 2.24) is 10.2 Å². The topological polar surface area (TPSA) is 40.7 Å². The molecular weight excluding hydrogens is 234 g/mol. The third-order valence-electron chi connectivity index (χ3n) is 3.90. The molecule has 3 aromatic rings. The van der Waals surface area contributed by atoms with E-state index in [4.69, 9.17) is 0 Å². The molecule has 94 valence electrons. The van der Waals surface area contributed by atoms with E-state index in [0.29, 0.717) is 6.04 Å². The number of aromatic amines is 1. The molecule has 1 aliphatic rings. The number of hydrogen-bond donors (Lipinski definition) is 2. The average Bonchev–Trinajstić information content (AvgIpc) is 3.04. The Bertz CT molecular complexity index is 704. The Hall–Kier alpha value is -2.29. The summed E-state index contributed by atoms with van der Waals surface area (Å²) in [6.07, 6.45) is 4.09. The summed E-state index contributed by atoms with van der Waals surface area (Å²) in [5.74, 6) is 0. The largest absolute Gasteiger partial charge is 0.381 e. The van der Waals surface area contributed by atoms with Crippen LogP contribution in [0.1, 0.15) is 11.1 Å². The van der Waals surface area contributed by atoms with E-state index in [9.17, 15) is 0 Å². The molecule has 0 radical (unpaired) electrons. The zero-order chi connectivity index (χ0) is 12.7. The second-order valence-corrected chi connectivity index (χ2v) is 5.16. The van der Waals surface area contributed by atoms with Crippen LogP contribution in [-0.2, 0) is 12.8 Å². The van der Waals surface area contributed by atoms with Gasteiger partial charge < -0.3 is 5.32 Å². The summed E-state index contributed by atoms with van der Waals surface area (Å²) in [7, 11) is 0. The van der Waals surface area contributed by atoms with Crippen LogP contribution in [-0.4, -0.2) is 16.2 Å². The lowest BCUT2D eigenvalue weighted by molar-refractivity contribution is 0.775. The summed E-state index contributed by atoms with van der Waals surface area (Å²) >= 11 is 0. The molecule has 1 aliphatic carbocycles. The second-order valence-electron chi connectivity index (χ2n) is 5.16. The van der Waals surface area contributed by atoms with Crippen LogP contribution in [0.15, 0.2) is 48.7 Å². The first kappa shape index (κ1) is 10.6. The fourth-order valence-corrected chi connectivity index (χ4v) is 2.97. The fourth-order valence-electron chi connectivity index (χ4n) is 2.97.